The lowest BCUT2D eigenvalue weighted by Crippen LogP contribution is -2.05. The van der Waals surface area contributed by atoms with E-state index in [2.05, 4.69) is 10.1 Å². The van der Waals surface area contributed by atoms with E-state index in [9.17, 15) is 9.18 Å². The molecule has 0 spiro atoms. The van der Waals surface area contributed by atoms with Gasteiger partial charge in [-0.25, -0.2) is 19.0 Å². The third-order valence-electron chi connectivity index (χ3n) is 2.73. The van der Waals surface area contributed by atoms with Gasteiger partial charge in [-0.1, -0.05) is 36.4 Å². The summed E-state index contributed by atoms with van der Waals surface area (Å²) in [5, 5.41) is 2.57. The van der Waals surface area contributed by atoms with Crippen molar-refractivity contribution in [3.05, 3.63) is 70.9 Å². The predicted molar refractivity (Wildman–Crippen MR) is 69.6 cm³/mol. The molecule has 19 heavy (non-hydrogen) atoms. The summed E-state index contributed by atoms with van der Waals surface area (Å²) in [6, 6.07) is 15.2. The van der Waals surface area contributed by atoms with Crippen molar-refractivity contribution >= 4 is 0 Å². The summed E-state index contributed by atoms with van der Waals surface area (Å²) in [7, 11) is 0. The first-order chi connectivity index (χ1) is 9.24. The van der Waals surface area contributed by atoms with E-state index in [4.69, 9.17) is 0 Å². The zero-order valence-electron chi connectivity index (χ0n) is 9.88. The van der Waals surface area contributed by atoms with Gasteiger partial charge >= 0.3 is 5.69 Å². The molecule has 94 valence electrons. The second-order valence-electron chi connectivity index (χ2n) is 4.03. The molecule has 2 aromatic carbocycles. The first-order valence-electron chi connectivity index (χ1n) is 5.74. The summed E-state index contributed by atoms with van der Waals surface area (Å²) in [4.78, 5) is 15.4. The van der Waals surface area contributed by atoms with Gasteiger partial charge in [0.25, 0.3) is 0 Å². The number of hydrogen-bond acceptors (Lipinski definition) is 2. The summed E-state index contributed by atoms with van der Waals surface area (Å²) in [6.45, 7) is 0. The molecule has 1 heterocycles. The van der Waals surface area contributed by atoms with Crippen molar-refractivity contribution in [1.82, 2.24) is 14.8 Å². The van der Waals surface area contributed by atoms with Crippen molar-refractivity contribution in [1.29, 1.82) is 0 Å². The van der Waals surface area contributed by atoms with Crippen LogP contribution in [0, 0.1) is 5.82 Å². The van der Waals surface area contributed by atoms with Gasteiger partial charge in [0.1, 0.15) is 5.82 Å². The zero-order valence-corrected chi connectivity index (χ0v) is 9.88. The monoisotopic (exact) mass is 255 g/mol. The van der Waals surface area contributed by atoms with Crippen LogP contribution >= 0.6 is 0 Å². The number of halogens is 1. The largest absolute Gasteiger partial charge is 0.362 e. The lowest BCUT2D eigenvalue weighted by atomic mass is 10.2. The van der Waals surface area contributed by atoms with Crippen LogP contribution < -0.4 is 5.69 Å². The number of rotatable bonds is 2. The number of hydrogen-bond donors (Lipinski definition) is 1. The predicted octanol–water partition coefficient (Wildman–Crippen LogP) is 2.37. The second-order valence-corrected chi connectivity index (χ2v) is 4.03. The third-order valence-corrected chi connectivity index (χ3v) is 2.73. The van der Waals surface area contributed by atoms with E-state index in [1.54, 1.807) is 12.1 Å². The van der Waals surface area contributed by atoms with Crippen LogP contribution in [0.2, 0.25) is 0 Å². The smallest absolute Gasteiger partial charge is 0.244 e. The number of aromatic nitrogens is 3. The molecule has 0 atom stereocenters. The molecule has 0 radical (unpaired) electrons. The second kappa shape index (κ2) is 4.53. The fourth-order valence-corrected chi connectivity index (χ4v) is 1.90. The van der Waals surface area contributed by atoms with Gasteiger partial charge in [-0.3, -0.25) is 0 Å². The Morgan fingerprint density at radius 1 is 1.05 bits per heavy atom. The molecular weight excluding hydrogens is 245 g/mol. The highest BCUT2D eigenvalue weighted by molar-refractivity contribution is 5.57. The molecule has 5 heteroatoms. The number of H-pyrrole nitrogens is 1. The highest BCUT2D eigenvalue weighted by Gasteiger charge is 2.10. The van der Waals surface area contributed by atoms with E-state index in [1.165, 1.54) is 16.8 Å². The van der Waals surface area contributed by atoms with Crippen LogP contribution in [0.15, 0.2) is 59.4 Å². The van der Waals surface area contributed by atoms with Crippen LogP contribution in [-0.4, -0.2) is 14.8 Å². The van der Waals surface area contributed by atoms with E-state index < -0.39 is 5.69 Å². The van der Waals surface area contributed by atoms with Gasteiger partial charge in [0.2, 0.25) is 0 Å². The average Bonchev–Trinajstić information content (AvgIpc) is 2.82. The topological polar surface area (TPSA) is 50.7 Å². The Morgan fingerprint density at radius 3 is 2.58 bits per heavy atom. The van der Waals surface area contributed by atoms with Crippen molar-refractivity contribution < 1.29 is 4.39 Å². The van der Waals surface area contributed by atoms with Crippen molar-refractivity contribution in [2.75, 3.05) is 0 Å². The fourth-order valence-electron chi connectivity index (χ4n) is 1.90. The van der Waals surface area contributed by atoms with E-state index in [-0.39, 0.29) is 5.82 Å². The normalized spacial score (nSPS) is 10.6. The first-order valence-corrected chi connectivity index (χ1v) is 5.74. The molecule has 0 bridgehead atoms. The summed E-state index contributed by atoms with van der Waals surface area (Å²) < 4.78 is 14.7. The molecular formula is C14H10FN3O. The van der Waals surface area contributed by atoms with Crippen LogP contribution in [0.1, 0.15) is 0 Å². The number of nitrogens with one attached hydrogen (secondary N) is 1. The lowest BCUT2D eigenvalue weighted by Gasteiger charge is -2.06. The van der Waals surface area contributed by atoms with Gasteiger partial charge in [0.05, 0.1) is 5.69 Å². The average molecular weight is 255 g/mol. The van der Waals surface area contributed by atoms with Gasteiger partial charge in [0, 0.05) is 5.56 Å². The minimum Gasteiger partial charge on any atom is -0.244 e. The van der Waals surface area contributed by atoms with Gasteiger partial charge in [-0.2, -0.15) is 4.98 Å². The minimum atomic E-state index is -0.469. The van der Waals surface area contributed by atoms with Crippen LogP contribution in [0.3, 0.4) is 0 Å². The number of nitrogens with zero attached hydrogens (tertiary/aromatic N) is 2. The van der Waals surface area contributed by atoms with Crippen LogP contribution in [0.25, 0.3) is 17.1 Å². The molecule has 0 aliphatic heterocycles. The SMILES string of the molecule is O=c1nc(-c2ccccc2)n(-c2cccc(F)c2)[nH]1. The maximum Gasteiger partial charge on any atom is 0.362 e. The maximum absolute atomic E-state index is 13.3. The van der Waals surface area contributed by atoms with Crippen molar-refractivity contribution in [3.63, 3.8) is 0 Å². The minimum absolute atomic E-state index is 0.369. The molecule has 4 nitrogen and oxygen atoms in total. The summed E-state index contributed by atoms with van der Waals surface area (Å²) in [5.74, 6) is 0.0854. The van der Waals surface area contributed by atoms with Crippen molar-refractivity contribution in [3.8, 4) is 17.1 Å². The summed E-state index contributed by atoms with van der Waals surface area (Å²) in [5.41, 5.74) is 0.835. The molecule has 3 aromatic rings. The Morgan fingerprint density at radius 2 is 1.84 bits per heavy atom. The molecule has 0 saturated heterocycles. The van der Waals surface area contributed by atoms with Crippen LogP contribution in [0.5, 0.6) is 0 Å². The van der Waals surface area contributed by atoms with Crippen molar-refractivity contribution in [2.24, 2.45) is 0 Å². The molecule has 0 fully saturated rings. The van der Waals surface area contributed by atoms with E-state index in [1.807, 2.05) is 30.3 Å². The highest BCUT2D eigenvalue weighted by atomic mass is 19.1. The fraction of sp³-hybridized carbons (Fsp3) is 0. The Bertz CT molecular complexity index is 762. The molecule has 0 amide bonds. The first kappa shape index (κ1) is 11.4. The molecule has 1 N–H and O–H groups in total. The Labute approximate surface area is 108 Å². The Balaban J connectivity index is 2.21. The highest BCUT2D eigenvalue weighted by Crippen LogP contribution is 2.18. The van der Waals surface area contributed by atoms with Crippen LogP contribution in [0.4, 0.5) is 4.39 Å². The van der Waals surface area contributed by atoms with Gasteiger partial charge in [0.15, 0.2) is 5.82 Å². The summed E-state index contributed by atoms with van der Waals surface area (Å²) in [6.07, 6.45) is 0. The number of aromatic amines is 1. The van der Waals surface area contributed by atoms with E-state index >= 15 is 0 Å². The van der Waals surface area contributed by atoms with Crippen molar-refractivity contribution in [2.45, 2.75) is 0 Å². The van der Waals surface area contributed by atoms with E-state index in [0.29, 0.717) is 11.5 Å². The van der Waals surface area contributed by atoms with Gasteiger partial charge in [-0.15, -0.1) is 0 Å². The third kappa shape index (κ3) is 2.18. The Kier molecular flexibility index (Phi) is 2.72. The molecule has 0 saturated carbocycles. The van der Waals surface area contributed by atoms with Gasteiger partial charge in [-0.05, 0) is 18.2 Å². The Hall–Kier alpha value is -2.69. The summed E-state index contributed by atoms with van der Waals surface area (Å²) >= 11 is 0. The zero-order chi connectivity index (χ0) is 13.2. The van der Waals surface area contributed by atoms with Gasteiger partial charge < -0.3 is 0 Å². The molecule has 3 rings (SSSR count). The quantitative estimate of drug-likeness (QED) is 0.764. The molecule has 1 aromatic heterocycles. The molecule has 0 aliphatic carbocycles. The maximum atomic E-state index is 13.3. The lowest BCUT2D eigenvalue weighted by molar-refractivity contribution is 0.625. The standard InChI is InChI=1S/C14H10FN3O/c15-11-7-4-8-12(9-11)18-13(16-14(19)17-18)10-5-2-1-3-6-10/h1-9H,(H,17,19). The molecule has 0 unspecified atom stereocenters. The van der Waals surface area contributed by atoms with E-state index in [0.717, 1.165) is 5.56 Å². The molecule has 0 aliphatic rings. The van der Waals surface area contributed by atoms with Crippen LogP contribution in [-0.2, 0) is 0 Å². The number of benzene rings is 2.